The third-order valence-electron chi connectivity index (χ3n) is 0. The van der Waals surface area contributed by atoms with Crippen molar-refractivity contribution in [1.82, 2.24) is 0 Å². The van der Waals surface area contributed by atoms with Gasteiger partial charge in [-0.1, -0.05) is 0 Å². The quantitative estimate of drug-likeness (QED) is 0.411. The Labute approximate surface area is 51.5 Å². The van der Waals surface area contributed by atoms with Gasteiger partial charge in [0.2, 0.25) is 0 Å². The molecule has 0 radical (unpaired) electrons. The Morgan fingerprint density at radius 2 is 1.25 bits per heavy atom. The van der Waals surface area contributed by atoms with Gasteiger partial charge in [0.25, 0.3) is 0 Å². The molecule has 14 valence electrons. The van der Waals surface area contributed by atoms with Crippen molar-refractivity contribution in [2.75, 3.05) is 0 Å². The molecule has 0 saturated heterocycles. The Morgan fingerprint density at radius 1 is 1.25 bits per heavy atom. The second-order valence-electron chi connectivity index (χ2n) is 0. The molecule has 0 aromatic carbocycles. The Kier molecular flexibility index (Phi) is 139. The van der Waals surface area contributed by atoms with Crippen LogP contribution in [0.2, 0.25) is 0 Å². The molecule has 0 aliphatic rings. The molecular weight excluding hydrogens is 156 g/mol. The molecule has 0 rings (SSSR count). The van der Waals surface area contributed by atoms with Gasteiger partial charge < -0.3 is 0 Å². The van der Waals surface area contributed by atoms with Crippen molar-refractivity contribution in [3.63, 3.8) is 0 Å². The van der Waals surface area contributed by atoms with E-state index >= 15 is 0 Å². The van der Waals surface area contributed by atoms with Crippen molar-refractivity contribution in [1.29, 1.82) is 0 Å². The maximum atomic E-state index is 8.38. The molecule has 0 bridgehead atoms. The van der Waals surface area contributed by atoms with Crippen LogP contribution in [0.5, 0.6) is 0 Å². The van der Waals surface area contributed by atoms with Crippen LogP contribution >= 0.6 is 0 Å². The van der Waals surface area contributed by atoms with E-state index in [0.717, 1.165) is 0 Å². The van der Waals surface area contributed by atoms with Gasteiger partial charge in [-0.3, -0.25) is 0 Å². The fourth-order valence-electron chi connectivity index (χ4n) is 0. The molecule has 0 amide bonds. The molecule has 0 aliphatic heterocycles. The van der Waals surface area contributed by atoms with Crippen LogP contribution in [-0.2, 0) is 41.3 Å². The second kappa shape index (κ2) is 29.5. The molecule has 1 nitrogen and oxygen atoms in total. The average molecular weight is 158 g/mol. The second-order valence-corrected chi connectivity index (χ2v) is 0. The number of rotatable bonds is 0. The zero-order valence-electron chi connectivity index (χ0n) is 1.82. The van der Waals surface area contributed by atoms with Gasteiger partial charge in [0.05, 0.1) is 0 Å². The maximum Gasteiger partial charge on any atom is 0 e. The van der Waals surface area contributed by atoms with Crippen molar-refractivity contribution < 1.29 is 41.3 Å². The number of hydrogen-bond acceptors (Lipinski definition) is 1. The van der Waals surface area contributed by atoms with E-state index in [1.165, 1.54) is 0 Å². The van der Waals surface area contributed by atoms with E-state index in [1.54, 1.807) is 0 Å². The summed E-state index contributed by atoms with van der Waals surface area (Å²) in [6, 6.07) is 0. The molecule has 0 fully saturated rings. The first-order valence-corrected chi connectivity index (χ1v) is 1.50. The molecule has 0 spiro atoms. The van der Waals surface area contributed by atoms with E-state index in [0.29, 0.717) is 0 Å². The van der Waals surface area contributed by atoms with Gasteiger partial charge in [-0.05, 0) is 0 Å². The minimum atomic E-state index is 0. The van der Waals surface area contributed by atoms with Gasteiger partial charge in [-0.2, -0.15) is 0 Å². The summed E-state index contributed by atoms with van der Waals surface area (Å²) in [6.07, 6.45) is 0. The zero-order valence-corrected chi connectivity index (χ0v) is 7.76. The fourth-order valence-corrected chi connectivity index (χ4v) is 0. The number of hydrogen-bond donors (Lipinski definition) is 0. The predicted molar refractivity (Wildman–Crippen MR) is 9.23 cm³/mol. The Hall–Kier alpha value is 1.22. The van der Waals surface area contributed by atoms with Crippen LogP contribution in [0.1, 0.15) is 0 Å². The van der Waals surface area contributed by atoms with Gasteiger partial charge in [-0.25, -0.2) is 0 Å². The summed E-state index contributed by atoms with van der Waals surface area (Å²) in [5, 5.41) is 0. The van der Waals surface area contributed by atoms with E-state index in [2.05, 4.69) is 0 Å². The first-order chi connectivity index (χ1) is 1.00. The average Bonchev–Trinajstić information content (AvgIpc) is 1.00. The van der Waals surface area contributed by atoms with E-state index in [1.807, 2.05) is 0 Å². The maximum absolute atomic E-state index is 8.38. The molecule has 0 atom stereocenters. The Balaban J connectivity index is -0.00000000500. The normalized spacial score (nSPS) is 1.50. The summed E-state index contributed by atoms with van der Waals surface area (Å²) < 4.78 is 8.38. The molecule has 0 aromatic heterocycles. The van der Waals surface area contributed by atoms with Gasteiger partial charge in [-0.15, -0.1) is 0 Å². The zero-order chi connectivity index (χ0) is 2.00. The largest absolute Gasteiger partial charge is 0 e. The first-order valence-electron chi connectivity index (χ1n) is 0.289. The van der Waals surface area contributed by atoms with E-state index in [9.17, 15) is 0 Å². The van der Waals surface area contributed by atoms with Crippen molar-refractivity contribution in [3.05, 3.63) is 0 Å². The van der Waals surface area contributed by atoms with Crippen LogP contribution in [0.25, 0.3) is 0 Å². The summed E-state index contributed by atoms with van der Waals surface area (Å²) in [5.74, 6) is 0. The predicted octanol–water partition coefficient (Wildman–Crippen LogP) is -1.04. The molecule has 4 heteroatoms. The summed E-state index contributed by atoms with van der Waals surface area (Å²) in [5.41, 5.74) is 0. The van der Waals surface area contributed by atoms with Gasteiger partial charge in [0.1, 0.15) is 0 Å². The SMILES string of the molecule is [BeH2].[O]=[Zn].[Zn]. The Morgan fingerprint density at radius 3 is 1.25 bits per heavy atom. The van der Waals surface area contributed by atoms with Gasteiger partial charge >= 0.3 is 31.9 Å². The van der Waals surface area contributed by atoms with Crippen molar-refractivity contribution >= 4 is 10.1 Å². The van der Waals surface area contributed by atoms with Crippen LogP contribution < -0.4 is 0 Å². The van der Waals surface area contributed by atoms with Crippen molar-refractivity contribution in [3.8, 4) is 0 Å². The molecule has 0 unspecified atom stereocenters. The van der Waals surface area contributed by atoms with Crippen LogP contribution in [0.3, 0.4) is 0 Å². The summed E-state index contributed by atoms with van der Waals surface area (Å²) in [7, 11) is 0. The molecule has 0 aliphatic carbocycles. The Bertz CT molecular complexity index is 6.00. The fraction of sp³-hybridized carbons (Fsp3) is 0. The van der Waals surface area contributed by atoms with Crippen molar-refractivity contribution in [2.24, 2.45) is 0 Å². The van der Waals surface area contributed by atoms with Crippen LogP contribution in [-0.4, -0.2) is 10.1 Å². The standard InChI is InChI=1S/Be.O.2Zn.2H. The smallest absolute Gasteiger partial charge is 0 e. The van der Waals surface area contributed by atoms with E-state index in [4.69, 9.17) is 3.57 Å². The van der Waals surface area contributed by atoms with Gasteiger partial charge in [0, 0.05) is 19.5 Å². The third kappa shape index (κ3) is 10.7. The van der Waals surface area contributed by atoms with Crippen molar-refractivity contribution in [2.45, 2.75) is 0 Å². The monoisotopic (exact) mass is 155 g/mol. The third-order valence-corrected chi connectivity index (χ3v) is 0. The van der Waals surface area contributed by atoms with E-state index < -0.39 is 0 Å². The molecule has 0 aromatic rings. The van der Waals surface area contributed by atoms with E-state index in [-0.39, 0.29) is 47.9 Å². The first kappa shape index (κ1) is 18.9. The minimum absolute atomic E-state index is 0. The van der Waals surface area contributed by atoms with Crippen LogP contribution in [0.15, 0.2) is 0 Å². The van der Waals surface area contributed by atoms with Crippen LogP contribution in [0.4, 0.5) is 0 Å². The molecule has 0 saturated carbocycles. The summed E-state index contributed by atoms with van der Waals surface area (Å²) in [6.45, 7) is 0. The summed E-state index contributed by atoms with van der Waals surface area (Å²) >= 11 is 0.125. The minimum Gasteiger partial charge on any atom is 0 e. The summed E-state index contributed by atoms with van der Waals surface area (Å²) in [4.78, 5) is 0. The molecule has 4 heavy (non-hydrogen) atoms. The van der Waals surface area contributed by atoms with Gasteiger partial charge in [0.15, 0.2) is 0 Å². The molecule has 0 N–H and O–H groups in total. The molecular formula is H2BeOZn2. The van der Waals surface area contributed by atoms with Crippen LogP contribution in [0, 0.1) is 0 Å². The molecule has 0 heterocycles. The topological polar surface area (TPSA) is 17.1 Å².